The molecule has 0 radical (unpaired) electrons. The van der Waals surface area contributed by atoms with Crippen molar-refractivity contribution in [2.75, 3.05) is 26.2 Å². The minimum Gasteiger partial charge on any atom is -0.491 e. The maximum Gasteiger partial charge on any atom is 0.410 e. The van der Waals surface area contributed by atoms with Crippen molar-refractivity contribution in [2.24, 2.45) is 0 Å². The number of hydrogen-bond acceptors (Lipinski definition) is 8. The SMILES string of the molecule is CC(C)(C)OC(=O)N1CCC(=O)CC1.CC(C)Oc1cc(F)ccc1Br.CC(C)Oc1cc(F)ccc1C1(O)CCN(C(=O)OC(C)(C)C)CC1. The van der Waals surface area contributed by atoms with Crippen LogP contribution in [0.25, 0.3) is 0 Å². The molecule has 0 aliphatic carbocycles. The zero-order valence-corrected chi connectivity index (χ0v) is 33.2. The maximum absolute atomic E-state index is 13.6. The number of likely N-dealkylation sites (tertiary alicyclic amines) is 2. The van der Waals surface area contributed by atoms with Crippen LogP contribution < -0.4 is 9.47 Å². The molecule has 0 aromatic heterocycles. The molecule has 2 heterocycles. The quantitative estimate of drug-likeness (QED) is 0.320. The van der Waals surface area contributed by atoms with Gasteiger partial charge in [-0.15, -0.1) is 0 Å². The number of carbonyl (C=O) groups is 3. The predicted molar refractivity (Wildman–Crippen MR) is 195 cm³/mol. The highest BCUT2D eigenvalue weighted by Crippen LogP contribution is 2.39. The Kier molecular flexibility index (Phi) is 16.2. The number of halogens is 3. The Bertz CT molecular complexity index is 1450. The molecule has 2 aliphatic heterocycles. The van der Waals surface area contributed by atoms with Crippen LogP contribution in [0.4, 0.5) is 18.4 Å². The van der Waals surface area contributed by atoms with Crippen molar-refractivity contribution in [3.63, 3.8) is 0 Å². The number of hydrogen-bond donors (Lipinski definition) is 1. The number of rotatable bonds is 5. The van der Waals surface area contributed by atoms with Gasteiger partial charge in [0.25, 0.3) is 0 Å². The summed E-state index contributed by atoms with van der Waals surface area (Å²) in [7, 11) is 0. The van der Waals surface area contributed by atoms with E-state index in [0.717, 1.165) is 4.47 Å². The molecular formula is C38H55BrF2N2O8. The first kappa shape index (κ1) is 43.7. The van der Waals surface area contributed by atoms with Gasteiger partial charge in [0.15, 0.2) is 0 Å². The molecule has 2 aliphatic rings. The average Bonchev–Trinajstić information content (AvgIpc) is 2.98. The standard InChI is InChI=1S/C19H28FNO4.C10H17NO3.C9H10BrFO/c1-13(2)24-16-12-14(20)6-7-15(16)19(23)8-10-21(11-9-19)17(22)25-18(3,4)5;1-10(2,3)14-9(13)11-6-4-8(12)5-7-11;1-6(2)12-9-5-7(11)3-4-8(9)10/h6-7,12-13,23H,8-11H2,1-5H3;4-7H2,1-3H3;3-6H,1-2H3. The molecule has 0 spiro atoms. The van der Waals surface area contributed by atoms with Crippen LogP contribution in [0.1, 0.15) is 100 Å². The summed E-state index contributed by atoms with van der Waals surface area (Å²) >= 11 is 3.27. The number of nitrogens with zero attached hydrogens (tertiary/aromatic N) is 2. The van der Waals surface area contributed by atoms with Gasteiger partial charge in [-0.3, -0.25) is 4.79 Å². The molecule has 4 rings (SSSR count). The third kappa shape index (κ3) is 15.8. The van der Waals surface area contributed by atoms with Gasteiger partial charge in [0.05, 0.1) is 22.3 Å². The third-order valence-electron chi connectivity index (χ3n) is 7.28. The van der Waals surface area contributed by atoms with Crippen LogP contribution in [-0.4, -0.2) is 82.5 Å². The first-order valence-electron chi connectivity index (χ1n) is 17.3. The number of carbonyl (C=O) groups excluding carboxylic acids is 3. The number of piperidine rings is 2. The highest BCUT2D eigenvalue weighted by Gasteiger charge is 2.39. The number of ether oxygens (including phenoxy) is 4. The average molecular weight is 786 g/mol. The van der Waals surface area contributed by atoms with Crippen molar-refractivity contribution in [1.82, 2.24) is 9.80 Å². The molecule has 2 aromatic rings. The molecule has 51 heavy (non-hydrogen) atoms. The summed E-state index contributed by atoms with van der Waals surface area (Å²) in [5, 5.41) is 11.1. The largest absolute Gasteiger partial charge is 0.491 e. The normalized spacial score (nSPS) is 16.0. The molecule has 13 heteroatoms. The van der Waals surface area contributed by atoms with Crippen LogP contribution in [0.2, 0.25) is 0 Å². The summed E-state index contributed by atoms with van der Waals surface area (Å²) in [6.45, 7) is 20.2. The predicted octanol–water partition coefficient (Wildman–Crippen LogP) is 8.79. The van der Waals surface area contributed by atoms with Gasteiger partial charge in [0, 0.05) is 56.7 Å². The van der Waals surface area contributed by atoms with Gasteiger partial charge in [0.2, 0.25) is 0 Å². The van der Waals surface area contributed by atoms with Crippen molar-refractivity contribution >= 4 is 33.9 Å². The third-order valence-corrected chi connectivity index (χ3v) is 7.93. The molecular weight excluding hydrogens is 730 g/mol. The van der Waals surface area contributed by atoms with E-state index in [0.29, 0.717) is 68.9 Å². The highest BCUT2D eigenvalue weighted by molar-refractivity contribution is 9.10. The Morgan fingerprint density at radius 3 is 1.61 bits per heavy atom. The monoisotopic (exact) mass is 784 g/mol. The number of ketones is 1. The molecule has 0 bridgehead atoms. The second-order valence-electron chi connectivity index (χ2n) is 15.1. The maximum atomic E-state index is 13.6. The van der Waals surface area contributed by atoms with Gasteiger partial charge in [-0.2, -0.15) is 0 Å². The summed E-state index contributed by atoms with van der Waals surface area (Å²) in [6.07, 6.45) is 0.823. The molecule has 286 valence electrons. The Hall–Kier alpha value is -3.45. The van der Waals surface area contributed by atoms with Gasteiger partial charge >= 0.3 is 12.2 Å². The molecule has 10 nitrogen and oxygen atoms in total. The summed E-state index contributed by atoms with van der Waals surface area (Å²) < 4.78 is 48.6. The Balaban J connectivity index is 0.000000292. The van der Waals surface area contributed by atoms with Crippen LogP contribution >= 0.6 is 15.9 Å². The minimum atomic E-state index is -1.16. The lowest BCUT2D eigenvalue weighted by atomic mass is 9.84. The van der Waals surface area contributed by atoms with Crippen molar-refractivity contribution in [3.8, 4) is 11.5 Å². The zero-order valence-electron chi connectivity index (χ0n) is 31.6. The van der Waals surface area contributed by atoms with E-state index >= 15 is 0 Å². The number of benzene rings is 2. The summed E-state index contributed by atoms with van der Waals surface area (Å²) in [5.41, 5.74) is -1.61. The summed E-state index contributed by atoms with van der Waals surface area (Å²) in [4.78, 5) is 37.8. The Morgan fingerprint density at radius 2 is 1.16 bits per heavy atom. The van der Waals surface area contributed by atoms with Gasteiger partial charge in [-0.25, -0.2) is 18.4 Å². The van der Waals surface area contributed by atoms with E-state index in [2.05, 4.69) is 15.9 Å². The molecule has 0 unspecified atom stereocenters. The highest BCUT2D eigenvalue weighted by atomic mass is 79.9. The topological polar surface area (TPSA) is 115 Å². The Morgan fingerprint density at radius 1 is 0.745 bits per heavy atom. The minimum absolute atomic E-state index is 0.0584. The number of aliphatic hydroxyl groups is 1. The van der Waals surface area contributed by atoms with Crippen LogP contribution in [0.3, 0.4) is 0 Å². The second-order valence-corrected chi connectivity index (χ2v) is 15.9. The summed E-state index contributed by atoms with van der Waals surface area (Å²) in [5.74, 6) is 0.432. The van der Waals surface area contributed by atoms with Crippen molar-refractivity contribution in [1.29, 1.82) is 0 Å². The van der Waals surface area contributed by atoms with E-state index in [1.165, 1.54) is 24.3 Å². The lowest BCUT2D eigenvalue weighted by Crippen LogP contribution is -2.47. The first-order valence-corrected chi connectivity index (χ1v) is 18.1. The van der Waals surface area contributed by atoms with Crippen LogP contribution in [-0.2, 0) is 19.9 Å². The smallest absolute Gasteiger partial charge is 0.410 e. The first-order chi connectivity index (χ1) is 23.5. The van der Waals surface area contributed by atoms with Gasteiger partial charge in [-0.05, 0) is 122 Å². The number of Topliss-reactive ketones (excluding diaryl/α,β-unsaturated/α-hetero) is 1. The van der Waals surface area contributed by atoms with Crippen molar-refractivity contribution < 1.29 is 47.2 Å². The number of amides is 2. The van der Waals surface area contributed by atoms with E-state index in [1.807, 2.05) is 69.2 Å². The van der Waals surface area contributed by atoms with Gasteiger partial charge in [0.1, 0.15) is 40.1 Å². The zero-order chi connectivity index (χ0) is 38.7. The molecule has 2 saturated heterocycles. The van der Waals surface area contributed by atoms with Crippen molar-refractivity contribution in [2.45, 2.75) is 124 Å². The van der Waals surface area contributed by atoms with Crippen LogP contribution in [0, 0.1) is 11.6 Å². The van der Waals surface area contributed by atoms with E-state index in [9.17, 15) is 28.3 Å². The van der Waals surface area contributed by atoms with Crippen LogP contribution in [0.15, 0.2) is 40.9 Å². The summed E-state index contributed by atoms with van der Waals surface area (Å²) in [6, 6.07) is 8.57. The van der Waals surface area contributed by atoms with E-state index < -0.39 is 22.6 Å². The fraction of sp³-hybridized carbons (Fsp3) is 0.605. The fourth-order valence-electron chi connectivity index (χ4n) is 4.97. The fourth-order valence-corrected chi connectivity index (χ4v) is 5.31. The molecule has 2 amide bonds. The van der Waals surface area contributed by atoms with Gasteiger partial charge in [-0.1, -0.05) is 0 Å². The van der Waals surface area contributed by atoms with E-state index in [1.54, 1.807) is 21.9 Å². The Labute approximate surface area is 309 Å². The molecule has 0 atom stereocenters. The molecule has 0 saturated carbocycles. The van der Waals surface area contributed by atoms with E-state index in [-0.39, 0.29) is 36.0 Å². The molecule has 2 aromatic carbocycles. The second kappa shape index (κ2) is 18.9. The van der Waals surface area contributed by atoms with E-state index in [4.69, 9.17) is 18.9 Å². The van der Waals surface area contributed by atoms with Crippen LogP contribution in [0.5, 0.6) is 11.5 Å². The van der Waals surface area contributed by atoms with Gasteiger partial charge < -0.3 is 33.9 Å². The lowest BCUT2D eigenvalue weighted by Gasteiger charge is -2.39. The molecule has 1 N–H and O–H groups in total. The lowest BCUT2D eigenvalue weighted by molar-refractivity contribution is -0.121. The van der Waals surface area contributed by atoms with Crippen molar-refractivity contribution in [3.05, 3.63) is 58.1 Å². The molecule has 2 fully saturated rings.